The van der Waals surface area contributed by atoms with Gasteiger partial charge in [-0.15, -0.1) is 0 Å². The van der Waals surface area contributed by atoms with Crippen LogP contribution in [0.1, 0.15) is 33.1 Å². The molecular formula is C14H23N3O2S. The van der Waals surface area contributed by atoms with E-state index in [1.165, 1.54) is 0 Å². The summed E-state index contributed by atoms with van der Waals surface area (Å²) < 4.78 is 26.9. The summed E-state index contributed by atoms with van der Waals surface area (Å²) in [7, 11) is -3.39. The summed E-state index contributed by atoms with van der Waals surface area (Å²) in [6.07, 6.45) is 2.98. The van der Waals surface area contributed by atoms with E-state index in [4.69, 9.17) is 5.84 Å². The summed E-state index contributed by atoms with van der Waals surface area (Å²) in [5.41, 5.74) is 3.34. The lowest BCUT2D eigenvalue weighted by Gasteiger charge is -2.26. The van der Waals surface area contributed by atoms with E-state index in [0.717, 1.165) is 19.3 Å². The van der Waals surface area contributed by atoms with Crippen molar-refractivity contribution in [1.82, 2.24) is 4.31 Å². The Morgan fingerprint density at radius 1 is 1.25 bits per heavy atom. The van der Waals surface area contributed by atoms with E-state index < -0.39 is 10.0 Å². The van der Waals surface area contributed by atoms with Crippen LogP contribution in [0.4, 0.5) is 5.69 Å². The molecule has 0 amide bonds. The van der Waals surface area contributed by atoms with Crippen LogP contribution in [0, 0.1) is 5.41 Å². The van der Waals surface area contributed by atoms with Gasteiger partial charge in [0, 0.05) is 18.8 Å². The third-order valence-corrected chi connectivity index (χ3v) is 6.42. The molecule has 6 heteroatoms. The second-order valence-corrected chi connectivity index (χ2v) is 7.40. The molecule has 0 aliphatic carbocycles. The van der Waals surface area contributed by atoms with E-state index in [0.29, 0.717) is 23.7 Å². The summed E-state index contributed by atoms with van der Waals surface area (Å²) in [5.74, 6) is 5.29. The fourth-order valence-corrected chi connectivity index (χ4v) is 4.35. The van der Waals surface area contributed by atoms with Crippen molar-refractivity contribution in [3.05, 3.63) is 24.3 Å². The number of hydrogen-bond acceptors (Lipinski definition) is 4. The highest BCUT2D eigenvalue weighted by Gasteiger charge is 2.40. The zero-order valence-corrected chi connectivity index (χ0v) is 12.9. The van der Waals surface area contributed by atoms with Gasteiger partial charge in [-0.3, -0.25) is 5.84 Å². The van der Waals surface area contributed by atoms with Crippen molar-refractivity contribution in [2.75, 3.05) is 18.5 Å². The van der Waals surface area contributed by atoms with Crippen LogP contribution in [0.2, 0.25) is 0 Å². The molecule has 0 saturated carbocycles. The van der Waals surface area contributed by atoms with Crippen molar-refractivity contribution in [2.24, 2.45) is 11.3 Å². The maximum absolute atomic E-state index is 12.6. The quantitative estimate of drug-likeness (QED) is 0.645. The minimum atomic E-state index is -3.39. The first-order valence-corrected chi connectivity index (χ1v) is 8.48. The molecule has 1 saturated heterocycles. The van der Waals surface area contributed by atoms with Crippen molar-refractivity contribution in [3.63, 3.8) is 0 Å². The molecule has 3 N–H and O–H groups in total. The van der Waals surface area contributed by atoms with Crippen LogP contribution in [0.15, 0.2) is 29.2 Å². The first kappa shape index (κ1) is 15.3. The molecule has 0 atom stereocenters. The highest BCUT2D eigenvalue weighted by atomic mass is 32.2. The van der Waals surface area contributed by atoms with E-state index in [-0.39, 0.29) is 5.41 Å². The van der Waals surface area contributed by atoms with Gasteiger partial charge in [0.15, 0.2) is 0 Å². The number of benzene rings is 1. The van der Waals surface area contributed by atoms with Crippen LogP contribution in [0.3, 0.4) is 0 Å². The average Bonchev–Trinajstić information content (AvgIpc) is 2.93. The molecule has 0 spiro atoms. The van der Waals surface area contributed by atoms with Gasteiger partial charge in [0.05, 0.1) is 4.90 Å². The maximum Gasteiger partial charge on any atom is 0.243 e. The van der Waals surface area contributed by atoms with Gasteiger partial charge in [0.25, 0.3) is 0 Å². The number of nitrogen functional groups attached to an aromatic ring is 1. The summed E-state index contributed by atoms with van der Waals surface area (Å²) in [6.45, 7) is 5.52. The van der Waals surface area contributed by atoms with Gasteiger partial charge in [0.2, 0.25) is 10.0 Å². The van der Waals surface area contributed by atoms with Crippen LogP contribution < -0.4 is 11.3 Å². The van der Waals surface area contributed by atoms with Crippen molar-refractivity contribution >= 4 is 15.7 Å². The second-order valence-electron chi connectivity index (χ2n) is 5.46. The Labute approximate surface area is 121 Å². The topological polar surface area (TPSA) is 75.4 Å². The van der Waals surface area contributed by atoms with Crippen molar-refractivity contribution < 1.29 is 8.42 Å². The van der Waals surface area contributed by atoms with E-state index in [9.17, 15) is 8.42 Å². The van der Waals surface area contributed by atoms with Gasteiger partial charge in [-0.2, -0.15) is 4.31 Å². The third-order valence-electron chi connectivity index (χ3n) is 4.56. The first-order chi connectivity index (χ1) is 9.47. The summed E-state index contributed by atoms with van der Waals surface area (Å²) in [4.78, 5) is 0.333. The fourth-order valence-electron chi connectivity index (χ4n) is 2.80. The Bertz CT molecular complexity index is 550. The van der Waals surface area contributed by atoms with Gasteiger partial charge in [0.1, 0.15) is 0 Å². The van der Waals surface area contributed by atoms with Crippen LogP contribution in [-0.2, 0) is 10.0 Å². The molecule has 0 radical (unpaired) electrons. The molecule has 1 aliphatic heterocycles. The van der Waals surface area contributed by atoms with Crippen molar-refractivity contribution in [2.45, 2.75) is 38.0 Å². The molecule has 0 unspecified atom stereocenters. The number of nitrogens with one attached hydrogen (secondary N) is 1. The number of hydrogen-bond donors (Lipinski definition) is 2. The molecule has 5 nitrogen and oxygen atoms in total. The van der Waals surface area contributed by atoms with Crippen molar-refractivity contribution in [1.29, 1.82) is 0 Å². The summed E-state index contributed by atoms with van der Waals surface area (Å²) in [6, 6.07) is 6.55. The third kappa shape index (κ3) is 2.68. The highest BCUT2D eigenvalue weighted by Crippen LogP contribution is 2.39. The molecule has 112 valence electrons. The lowest BCUT2D eigenvalue weighted by molar-refractivity contribution is 0.279. The second kappa shape index (κ2) is 5.71. The lowest BCUT2D eigenvalue weighted by atomic mass is 9.82. The Balaban J connectivity index is 2.23. The number of hydrazine groups is 1. The highest BCUT2D eigenvalue weighted by molar-refractivity contribution is 7.89. The van der Waals surface area contributed by atoms with Gasteiger partial charge in [-0.05, 0) is 48.9 Å². The predicted molar refractivity (Wildman–Crippen MR) is 80.6 cm³/mol. The average molecular weight is 297 g/mol. The molecule has 1 aromatic carbocycles. The van der Waals surface area contributed by atoms with Gasteiger partial charge >= 0.3 is 0 Å². The van der Waals surface area contributed by atoms with Crippen LogP contribution >= 0.6 is 0 Å². The molecular weight excluding hydrogens is 274 g/mol. The smallest absolute Gasteiger partial charge is 0.243 e. The Kier molecular flexibility index (Phi) is 4.36. The SMILES string of the molecule is CCC1(CC)CCN(S(=O)(=O)c2ccc(NN)cc2)C1. The molecule has 0 bridgehead atoms. The number of nitrogens with two attached hydrogens (primary N) is 1. The van der Waals surface area contributed by atoms with Crippen LogP contribution in [0.25, 0.3) is 0 Å². The van der Waals surface area contributed by atoms with Gasteiger partial charge in [-0.1, -0.05) is 13.8 Å². The number of anilines is 1. The standard InChI is InChI=1S/C14H23N3O2S/c1-3-14(4-2)9-10-17(11-14)20(18,19)13-7-5-12(16-15)6-8-13/h5-8,16H,3-4,9-11,15H2,1-2H3. The van der Waals surface area contributed by atoms with E-state index >= 15 is 0 Å². The molecule has 0 aromatic heterocycles. The number of sulfonamides is 1. The lowest BCUT2D eigenvalue weighted by Crippen LogP contribution is -2.31. The monoisotopic (exact) mass is 297 g/mol. The van der Waals surface area contributed by atoms with Crippen LogP contribution in [-0.4, -0.2) is 25.8 Å². The van der Waals surface area contributed by atoms with Crippen LogP contribution in [0.5, 0.6) is 0 Å². The molecule has 1 heterocycles. The van der Waals surface area contributed by atoms with E-state index in [2.05, 4.69) is 19.3 Å². The normalized spacial score (nSPS) is 19.1. The molecule has 1 fully saturated rings. The molecule has 1 aromatic rings. The Hall–Kier alpha value is -1.11. The first-order valence-electron chi connectivity index (χ1n) is 7.04. The number of rotatable bonds is 5. The summed E-state index contributed by atoms with van der Waals surface area (Å²) in [5, 5.41) is 0. The number of nitrogens with zero attached hydrogens (tertiary/aromatic N) is 1. The molecule has 1 aliphatic rings. The zero-order valence-electron chi connectivity index (χ0n) is 12.1. The Morgan fingerprint density at radius 2 is 1.85 bits per heavy atom. The Morgan fingerprint density at radius 3 is 2.30 bits per heavy atom. The maximum atomic E-state index is 12.6. The minimum Gasteiger partial charge on any atom is -0.324 e. The predicted octanol–water partition coefficient (Wildman–Crippen LogP) is 2.17. The van der Waals surface area contributed by atoms with Gasteiger partial charge < -0.3 is 5.43 Å². The van der Waals surface area contributed by atoms with Crippen molar-refractivity contribution in [3.8, 4) is 0 Å². The summed E-state index contributed by atoms with van der Waals surface area (Å²) >= 11 is 0. The minimum absolute atomic E-state index is 0.145. The van der Waals surface area contributed by atoms with Gasteiger partial charge in [-0.25, -0.2) is 8.42 Å². The molecule has 20 heavy (non-hydrogen) atoms. The van der Waals surface area contributed by atoms with E-state index in [1.54, 1.807) is 28.6 Å². The molecule has 2 rings (SSSR count). The van der Waals surface area contributed by atoms with E-state index in [1.807, 2.05) is 0 Å². The zero-order chi connectivity index (χ0) is 14.8. The fraction of sp³-hybridized carbons (Fsp3) is 0.571. The largest absolute Gasteiger partial charge is 0.324 e.